The molecule has 1 aliphatic rings. The maximum atomic E-state index is 5.42. The van der Waals surface area contributed by atoms with E-state index in [9.17, 15) is 0 Å². The second kappa shape index (κ2) is 4.58. The third kappa shape index (κ3) is 3.08. The topological polar surface area (TPSA) is 18.5 Å². The molecule has 0 N–H and O–H groups in total. The first kappa shape index (κ1) is 8.82. The first-order valence-corrected chi connectivity index (χ1v) is 5.65. The van der Waals surface area contributed by atoms with Crippen LogP contribution in [0.1, 0.15) is 0 Å². The van der Waals surface area contributed by atoms with Crippen LogP contribution < -0.4 is 0 Å². The first-order valence-electron chi connectivity index (χ1n) is 2.47. The van der Waals surface area contributed by atoms with E-state index in [2.05, 4.69) is 22.6 Å². The Morgan fingerprint density at radius 2 is 2.56 bits per heavy atom. The second-order valence-corrected chi connectivity index (χ2v) is 4.79. The molecule has 0 aliphatic carbocycles. The van der Waals surface area contributed by atoms with Gasteiger partial charge < -0.3 is 7.80 Å². The van der Waals surface area contributed by atoms with E-state index in [-0.39, 0.29) is 5.44 Å². The normalized spacial score (nSPS) is 35.3. The Morgan fingerprint density at radius 1 is 1.78 bits per heavy atom. The van der Waals surface area contributed by atoms with Crippen molar-refractivity contribution >= 4 is 57.4 Å². The minimum absolute atomic E-state index is 0.267. The zero-order valence-corrected chi connectivity index (χ0v) is 9.68. The molecule has 2 atom stereocenters. The Bertz CT molecular complexity index is 90.6. The van der Waals surface area contributed by atoms with Gasteiger partial charge in [0.25, 0.3) is 0 Å². The maximum Gasteiger partial charge on any atom is 0.129 e. The van der Waals surface area contributed by atoms with Crippen molar-refractivity contribution in [2.45, 2.75) is 9.55 Å². The summed E-state index contributed by atoms with van der Waals surface area (Å²) in [5.74, 6) is 1.09. The summed E-state index contributed by atoms with van der Waals surface area (Å²) in [4.78, 5) is 0. The highest BCUT2D eigenvalue weighted by Gasteiger charge is 2.23. The van der Waals surface area contributed by atoms with Gasteiger partial charge in [-0.25, -0.2) is 0 Å². The quantitative estimate of drug-likeness (QED) is 0.547. The Balaban J connectivity index is 2.14. The van der Waals surface area contributed by atoms with Crippen LogP contribution in [0.5, 0.6) is 0 Å². The van der Waals surface area contributed by atoms with E-state index in [4.69, 9.17) is 7.80 Å². The Labute approximate surface area is 86.3 Å². The van der Waals surface area contributed by atoms with Crippen molar-refractivity contribution < 1.29 is 7.80 Å². The molecule has 1 rings (SSSR count). The van der Waals surface area contributed by atoms with Crippen LogP contribution in [0, 0.1) is 0 Å². The molecular weight excluding hydrogens is 366 g/mol. The van der Waals surface area contributed by atoms with Gasteiger partial charge >= 0.3 is 0 Å². The molecule has 0 aromatic rings. The van der Waals surface area contributed by atoms with Crippen LogP contribution in [0.25, 0.3) is 0 Å². The molecule has 0 bridgehead atoms. The van der Waals surface area contributed by atoms with E-state index in [1.807, 2.05) is 34.8 Å². The van der Waals surface area contributed by atoms with Crippen LogP contribution in [0.15, 0.2) is 0 Å². The van der Waals surface area contributed by atoms with Gasteiger partial charge in [-0.3, -0.25) is 0 Å². The third-order valence-corrected chi connectivity index (χ3v) is 3.72. The van der Waals surface area contributed by atoms with E-state index in [0.29, 0.717) is 10.7 Å². The average Bonchev–Trinajstić information content (AvgIpc) is 2.17. The summed E-state index contributed by atoms with van der Waals surface area (Å²) >= 11 is 5.99. The fourth-order valence-corrected chi connectivity index (χ4v) is 3.13. The molecule has 0 radical (unpaired) electrons. The lowest BCUT2D eigenvalue weighted by atomic mass is 10.7. The van der Waals surface area contributed by atoms with Gasteiger partial charge in [0, 0.05) is 5.75 Å². The van der Waals surface area contributed by atoms with E-state index in [1.165, 1.54) is 0 Å². The monoisotopic (exact) mass is 372 g/mol. The lowest BCUT2D eigenvalue weighted by molar-refractivity contribution is 0.105. The molecule has 0 aromatic carbocycles. The highest BCUT2D eigenvalue weighted by atomic mass is 127. The summed E-state index contributed by atoms with van der Waals surface area (Å²) in [7, 11) is 0. The molecule has 0 spiro atoms. The van der Waals surface area contributed by atoms with E-state index >= 15 is 0 Å². The molecule has 1 heterocycles. The van der Waals surface area contributed by atoms with Gasteiger partial charge in [-0.2, -0.15) is 0 Å². The van der Waals surface area contributed by atoms with E-state index < -0.39 is 0 Å². The number of halogens is 2. The Kier molecular flexibility index (Phi) is 4.49. The van der Waals surface area contributed by atoms with E-state index in [0.717, 1.165) is 5.75 Å². The number of hydrogen-bond acceptors (Lipinski definition) is 3. The lowest BCUT2D eigenvalue weighted by Crippen LogP contribution is -2.09. The molecule has 0 amide bonds. The third-order valence-electron chi connectivity index (χ3n) is 0.912. The van der Waals surface area contributed by atoms with Gasteiger partial charge in [0.1, 0.15) is 32.6 Å². The molecular formula is C4H6I2O2S. The molecule has 0 saturated carbocycles. The number of ether oxygens (including phenoxy) is 1. The van der Waals surface area contributed by atoms with Crippen molar-refractivity contribution in [2.24, 2.45) is 0 Å². The van der Waals surface area contributed by atoms with Crippen molar-refractivity contribution in [1.29, 1.82) is 0 Å². The molecule has 2 unspecified atom stereocenters. The Morgan fingerprint density at radius 3 is 3.00 bits per heavy atom. The average molecular weight is 372 g/mol. The van der Waals surface area contributed by atoms with E-state index in [1.54, 1.807) is 0 Å². The van der Waals surface area contributed by atoms with Gasteiger partial charge in [-0.15, -0.1) is 11.8 Å². The van der Waals surface area contributed by atoms with Gasteiger partial charge in [0.05, 0.1) is 6.61 Å². The molecule has 2 nitrogen and oxygen atoms in total. The molecule has 1 aliphatic heterocycles. The fourth-order valence-electron chi connectivity index (χ4n) is 0.565. The fraction of sp³-hybridized carbons (Fsp3) is 1.00. The number of rotatable bonds is 2. The van der Waals surface area contributed by atoms with Gasteiger partial charge in [-0.05, 0) is 0 Å². The molecule has 1 fully saturated rings. The maximum absolute atomic E-state index is 5.42. The minimum atomic E-state index is 0.267. The second-order valence-electron chi connectivity index (χ2n) is 1.58. The molecule has 1 saturated heterocycles. The number of thioether (sulfide) groups is 1. The minimum Gasteiger partial charge on any atom is -0.351 e. The summed E-state index contributed by atoms with van der Waals surface area (Å²) < 4.78 is 10.7. The van der Waals surface area contributed by atoms with Crippen LogP contribution in [0.4, 0.5) is 0 Å². The SMILES string of the molecule is IOCC1OC(I)CS1. The summed E-state index contributed by atoms with van der Waals surface area (Å²) in [6.45, 7) is 0.699. The van der Waals surface area contributed by atoms with Crippen LogP contribution in [-0.2, 0) is 7.80 Å². The van der Waals surface area contributed by atoms with Crippen molar-refractivity contribution in [3.05, 3.63) is 0 Å². The summed E-state index contributed by atoms with van der Waals surface area (Å²) in [6.07, 6.45) is 0. The predicted octanol–water partition coefficient (Wildman–Crippen LogP) is 2.20. The van der Waals surface area contributed by atoms with Crippen molar-refractivity contribution in [1.82, 2.24) is 0 Å². The van der Waals surface area contributed by atoms with Crippen LogP contribution in [0.3, 0.4) is 0 Å². The van der Waals surface area contributed by atoms with Crippen molar-refractivity contribution in [3.63, 3.8) is 0 Å². The Hall–Kier alpha value is 1.73. The zero-order chi connectivity index (χ0) is 6.69. The van der Waals surface area contributed by atoms with Gasteiger partial charge in [-0.1, -0.05) is 22.6 Å². The summed E-state index contributed by atoms with van der Waals surface area (Å²) in [6, 6.07) is 0. The highest BCUT2D eigenvalue weighted by Crippen LogP contribution is 2.28. The van der Waals surface area contributed by atoms with Crippen molar-refractivity contribution in [3.8, 4) is 0 Å². The molecule has 0 aromatic heterocycles. The highest BCUT2D eigenvalue weighted by molar-refractivity contribution is 14.1. The van der Waals surface area contributed by atoms with Gasteiger partial charge in [0.15, 0.2) is 0 Å². The smallest absolute Gasteiger partial charge is 0.129 e. The molecule has 9 heavy (non-hydrogen) atoms. The zero-order valence-electron chi connectivity index (χ0n) is 4.55. The number of hydrogen-bond donors (Lipinski definition) is 0. The number of alkyl halides is 1. The van der Waals surface area contributed by atoms with Gasteiger partial charge in [0.2, 0.25) is 0 Å². The van der Waals surface area contributed by atoms with Crippen molar-refractivity contribution in [2.75, 3.05) is 12.4 Å². The molecule has 5 heteroatoms. The summed E-state index contributed by atoms with van der Waals surface area (Å²) in [5.41, 5.74) is 0.267. The van der Waals surface area contributed by atoms with Crippen LogP contribution in [0.2, 0.25) is 0 Å². The standard InChI is InChI=1S/C4H6I2O2S/c5-3-2-9-4(8-3)1-7-6/h3-4H,1-2H2. The largest absolute Gasteiger partial charge is 0.351 e. The summed E-state index contributed by atoms with van der Waals surface area (Å²) in [5, 5.41) is 0. The van der Waals surface area contributed by atoms with Crippen LogP contribution in [-0.4, -0.2) is 21.9 Å². The van der Waals surface area contributed by atoms with Crippen LogP contribution >= 0.6 is 57.4 Å². The lowest BCUT2D eigenvalue weighted by Gasteiger charge is -2.04. The predicted molar refractivity (Wildman–Crippen MR) is 55.1 cm³/mol. The first-order chi connectivity index (χ1) is 4.33. The molecule has 54 valence electrons.